The van der Waals surface area contributed by atoms with Crippen molar-refractivity contribution < 1.29 is 4.42 Å². The van der Waals surface area contributed by atoms with E-state index in [1.54, 1.807) is 6.92 Å². The molecular formula is C5H6I2N2O. The molecule has 0 bridgehead atoms. The molecule has 0 N–H and O–H groups in total. The average Bonchev–Trinajstić information content (AvgIpc) is 2.11. The van der Waals surface area contributed by atoms with Crippen molar-refractivity contribution >= 4 is 45.2 Å². The Hall–Kier alpha value is 0.600. The van der Waals surface area contributed by atoms with Gasteiger partial charge in [0.2, 0.25) is 11.8 Å². The Morgan fingerprint density at radius 3 is 2.20 bits per heavy atom. The summed E-state index contributed by atoms with van der Waals surface area (Å²) in [6, 6.07) is 0. The van der Waals surface area contributed by atoms with Gasteiger partial charge in [0.1, 0.15) is 1.43 Å². The van der Waals surface area contributed by atoms with E-state index in [4.69, 9.17) is 4.42 Å². The molecule has 0 atom stereocenters. The van der Waals surface area contributed by atoms with Crippen molar-refractivity contribution in [2.24, 2.45) is 0 Å². The first-order chi connectivity index (χ1) is 4.50. The van der Waals surface area contributed by atoms with Gasteiger partial charge in [-0.3, -0.25) is 0 Å². The van der Waals surface area contributed by atoms with E-state index in [1.807, 2.05) is 6.92 Å². The van der Waals surface area contributed by atoms with Crippen molar-refractivity contribution in [3.63, 3.8) is 0 Å². The van der Waals surface area contributed by atoms with Gasteiger partial charge in [-0.2, -0.15) is 0 Å². The molecule has 5 heteroatoms. The van der Waals surface area contributed by atoms with Crippen molar-refractivity contribution in [3.05, 3.63) is 11.8 Å². The maximum absolute atomic E-state index is 5.21. The van der Waals surface area contributed by atoms with Crippen molar-refractivity contribution in [1.29, 1.82) is 0 Å². The van der Waals surface area contributed by atoms with Gasteiger partial charge in [0.05, 0.1) is 0 Å². The minimum atomic E-state index is -0.0865. The number of halogens is 2. The Bertz CT molecular complexity index is 228. The summed E-state index contributed by atoms with van der Waals surface area (Å²) in [5.74, 6) is 1.29. The van der Waals surface area contributed by atoms with E-state index in [0.717, 1.165) is 0 Å². The van der Waals surface area contributed by atoms with Crippen LogP contribution in [-0.2, 0) is 1.43 Å². The predicted molar refractivity (Wildman–Crippen MR) is 54.4 cm³/mol. The highest BCUT2D eigenvalue weighted by Gasteiger charge is 2.24. The molecule has 0 aromatic carbocycles. The van der Waals surface area contributed by atoms with Crippen molar-refractivity contribution in [3.8, 4) is 0 Å². The third kappa shape index (κ3) is 2.04. The lowest BCUT2D eigenvalue weighted by atomic mass is 10.5. The van der Waals surface area contributed by atoms with Gasteiger partial charge < -0.3 is 4.42 Å². The summed E-state index contributed by atoms with van der Waals surface area (Å²) in [6.45, 7) is 3.80. The fourth-order valence-electron chi connectivity index (χ4n) is 0.474. The third-order valence-electron chi connectivity index (χ3n) is 0.902. The van der Waals surface area contributed by atoms with Crippen molar-refractivity contribution in [2.45, 2.75) is 15.3 Å². The lowest BCUT2D eigenvalue weighted by Gasteiger charge is -2.05. The molecular weight excluding hydrogens is 358 g/mol. The lowest BCUT2D eigenvalue weighted by molar-refractivity contribution is 0.470. The molecule has 0 spiro atoms. The van der Waals surface area contributed by atoms with E-state index in [0.29, 0.717) is 11.8 Å². The molecule has 0 amide bonds. The minimum Gasteiger partial charge on any atom is -0.423 e. The Morgan fingerprint density at radius 1 is 1.40 bits per heavy atom. The quantitative estimate of drug-likeness (QED) is 0.568. The zero-order valence-corrected chi connectivity index (χ0v) is 9.87. The fourth-order valence-corrected chi connectivity index (χ4v) is 0.910. The Labute approximate surface area is 86.3 Å². The van der Waals surface area contributed by atoms with Crippen molar-refractivity contribution in [1.82, 2.24) is 10.2 Å². The summed E-state index contributed by atoms with van der Waals surface area (Å²) >= 11 is 4.49. The maximum Gasteiger partial charge on any atom is 0.241 e. The number of nitrogens with zero attached hydrogens (tertiary/aromatic N) is 2. The first-order valence-electron chi connectivity index (χ1n) is 2.68. The van der Waals surface area contributed by atoms with Gasteiger partial charge in [0, 0.05) is 6.92 Å². The molecule has 10 heavy (non-hydrogen) atoms. The van der Waals surface area contributed by atoms with Crippen LogP contribution in [0.3, 0.4) is 0 Å². The molecule has 0 saturated carbocycles. The number of rotatable bonds is 1. The largest absolute Gasteiger partial charge is 0.423 e. The van der Waals surface area contributed by atoms with Crippen LogP contribution in [0.4, 0.5) is 0 Å². The van der Waals surface area contributed by atoms with Gasteiger partial charge in [-0.25, -0.2) is 0 Å². The van der Waals surface area contributed by atoms with Crippen LogP contribution in [0.2, 0.25) is 0 Å². The summed E-state index contributed by atoms with van der Waals surface area (Å²) in [7, 11) is 0. The first-order valence-corrected chi connectivity index (χ1v) is 4.84. The van der Waals surface area contributed by atoms with Gasteiger partial charge in [-0.1, -0.05) is 45.2 Å². The molecule has 1 aromatic rings. The molecule has 0 unspecified atom stereocenters. The van der Waals surface area contributed by atoms with Gasteiger partial charge in [-0.15, -0.1) is 10.2 Å². The summed E-state index contributed by atoms with van der Waals surface area (Å²) in [6.07, 6.45) is 0. The molecule has 1 aromatic heterocycles. The van der Waals surface area contributed by atoms with Crippen LogP contribution in [0.5, 0.6) is 0 Å². The Balaban J connectivity index is 2.96. The molecule has 0 aliphatic carbocycles. The number of aryl methyl sites for hydroxylation is 1. The average molecular weight is 364 g/mol. The standard InChI is InChI=1S/C5H6I2N2O/c1-3-8-9-4(10-3)5(2,6)7/h1-2H3. The second-order valence-electron chi connectivity index (χ2n) is 2.01. The smallest absolute Gasteiger partial charge is 0.241 e. The number of aromatic nitrogens is 2. The number of alkyl halides is 2. The number of hydrogen-bond donors (Lipinski definition) is 0. The monoisotopic (exact) mass is 364 g/mol. The van der Waals surface area contributed by atoms with Gasteiger partial charge >= 0.3 is 0 Å². The zero-order valence-electron chi connectivity index (χ0n) is 5.56. The molecule has 0 aliphatic heterocycles. The van der Waals surface area contributed by atoms with E-state index >= 15 is 0 Å². The second kappa shape index (κ2) is 2.92. The van der Waals surface area contributed by atoms with Gasteiger partial charge in [-0.05, 0) is 6.92 Å². The summed E-state index contributed by atoms with van der Waals surface area (Å²) in [4.78, 5) is 0. The van der Waals surface area contributed by atoms with Crippen LogP contribution in [0.25, 0.3) is 0 Å². The molecule has 1 rings (SSSR count). The topological polar surface area (TPSA) is 38.9 Å². The van der Waals surface area contributed by atoms with E-state index in [9.17, 15) is 0 Å². The third-order valence-corrected chi connectivity index (χ3v) is 1.82. The van der Waals surface area contributed by atoms with Crippen LogP contribution in [0, 0.1) is 6.92 Å². The highest BCUT2D eigenvalue weighted by atomic mass is 127. The summed E-state index contributed by atoms with van der Waals surface area (Å²) in [5.41, 5.74) is 0. The maximum atomic E-state index is 5.21. The van der Waals surface area contributed by atoms with Crippen LogP contribution in [0.1, 0.15) is 18.7 Å². The molecule has 0 radical (unpaired) electrons. The highest BCUT2D eigenvalue weighted by Crippen LogP contribution is 2.37. The fraction of sp³-hybridized carbons (Fsp3) is 0.600. The van der Waals surface area contributed by atoms with E-state index < -0.39 is 0 Å². The first kappa shape index (κ1) is 8.69. The molecule has 56 valence electrons. The highest BCUT2D eigenvalue weighted by molar-refractivity contribution is 14.2. The molecule has 1 heterocycles. The lowest BCUT2D eigenvalue weighted by Crippen LogP contribution is -2.01. The molecule has 0 aliphatic rings. The summed E-state index contributed by atoms with van der Waals surface area (Å²) in [5, 5.41) is 7.61. The van der Waals surface area contributed by atoms with E-state index in [2.05, 4.69) is 55.4 Å². The van der Waals surface area contributed by atoms with Crippen LogP contribution in [-0.4, -0.2) is 10.2 Å². The molecule has 0 fully saturated rings. The Morgan fingerprint density at radius 2 is 2.00 bits per heavy atom. The van der Waals surface area contributed by atoms with E-state index in [1.165, 1.54) is 0 Å². The van der Waals surface area contributed by atoms with Crippen LogP contribution in [0.15, 0.2) is 4.42 Å². The number of hydrogen-bond acceptors (Lipinski definition) is 3. The minimum absolute atomic E-state index is 0.0865. The SMILES string of the molecule is Cc1nnc(C(C)(I)I)o1. The van der Waals surface area contributed by atoms with Crippen LogP contribution >= 0.6 is 45.2 Å². The summed E-state index contributed by atoms with van der Waals surface area (Å²) < 4.78 is 5.12. The van der Waals surface area contributed by atoms with E-state index in [-0.39, 0.29) is 1.43 Å². The van der Waals surface area contributed by atoms with Crippen molar-refractivity contribution in [2.75, 3.05) is 0 Å². The zero-order chi connectivity index (χ0) is 7.78. The Kier molecular flexibility index (Phi) is 2.54. The second-order valence-corrected chi connectivity index (χ2v) is 8.39. The van der Waals surface area contributed by atoms with Gasteiger partial charge in [0.25, 0.3) is 0 Å². The van der Waals surface area contributed by atoms with Crippen LogP contribution < -0.4 is 0 Å². The predicted octanol–water partition coefficient (Wildman–Crippen LogP) is 2.42. The van der Waals surface area contributed by atoms with Gasteiger partial charge in [0.15, 0.2) is 0 Å². The normalized spacial score (nSPS) is 12.0. The molecule has 0 saturated heterocycles. The molecule has 3 nitrogen and oxygen atoms in total.